The first-order chi connectivity index (χ1) is 8.47. The average Bonchev–Trinajstić information content (AvgIpc) is 2.32. The van der Waals surface area contributed by atoms with E-state index in [1.54, 1.807) is 12.1 Å². The second-order valence-electron chi connectivity index (χ2n) is 4.39. The standard InChI is InChI=1S/C12H14ClNO3S/c13-9-2-1-3-12(8-9)18(16,17)14-10-4-6-11(15)7-5-10/h1-3,8,10,14H,4-7H2. The van der Waals surface area contributed by atoms with E-state index in [1.807, 2.05) is 0 Å². The predicted octanol–water partition coefficient (Wildman–Crippen LogP) is 2.13. The van der Waals surface area contributed by atoms with Gasteiger partial charge in [-0.1, -0.05) is 17.7 Å². The molecule has 0 bridgehead atoms. The Bertz CT molecular complexity index is 546. The molecule has 1 saturated carbocycles. The van der Waals surface area contributed by atoms with Gasteiger partial charge in [0.15, 0.2) is 0 Å². The Morgan fingerprint density at radius 2 is 1.89 bits per heavy atom. The topological polar surface area (TPSA) is 63.2 Å². The number of Topliss-reactive ketones (excluding diaryl/α,β-unsaturated/α-hetero) is 1. The van der Waals surface area contributed by atoms with Gasteiger partial charge in [0.05, 0.1) is 4.90 Å². The lowest BCUT2D eigenvalue weighted by Crippen LogP contribution is -2.37. The second-order valence-corrected chi connectivity index (χ2v) is 6.54. The summed E-state index contributed by atoms with van der Waals surface area (Å²) in [5.74, 6) is 0.202. The number of carbonyl (C=O) groups excluding carboxylic acids is 1. The van der Waals surface area contributed by atoms with Crippen LogP contribution in [0.25, 0.3) is 0 Å². The lowest BCUT2D eigenvalue weighted by molar-refractivity contribution is -0.120. The highest BCUT2D eigenvalue weighted by Crippen LogP contribution is 2.19. The van der Waals surface area contributed by atoms with Crippen LogP contribution in [0.1, 0.15) is 25.7 Å². The van der Waals surface area contributed by atoms with Crippen molar-refractivity contribution in [2.45, 2.75) is 36.6 Å². The van der Waals surface area contributed by atoms with Crippen LogP contribution < -0.4 is 4.72 Å². The number of hydrogen-bond acceptors (Lipinski definition) is 3. The molecular formula is C12H14ClNO3S. The summed E-state index contributed by atoms with van der Waals surface area (Å²) in [5.41, 5.74) is 0. The van der Waals surface area contributed by atoms with Crippen molar-refractivity contribution in [1.29, 1.82) is 0 Å². The smallest absolute Gasteiger partial charge is 0.240 e. The van der Waals surface area contributed by atoms with Gasteiger partial charge in [0, 0.05) is 23.9 Å². The number of benzene rings is 1. The number of carbonyl (C=O) groups is 1. The van der Waals surface area contributed by atoms with Crippen LogP contribution in [-0.2, 0) is 14.8 Å². The van der Waals surface area contributed by atoms with Gasteiger partial charge in [-0.2, -0.15) is 0 Å². The molecule has 1 fully saturated rings. The largest absolute Gasteiger partial charge is 0.300 e. The number of nitrogens with one attached hydrogen (secondary N) is 1. The molecule has 1 N–H and O–H groups in total. The third-order valence-electron chi connectivity index (χ3n) is 2.97. The van der Waals surface area contributed by atoms with E-state index in [4.69, 9.17) is 11.6 Å². The summed E-state index contributed by atoms with van der Waals surface area (Å²) in [6.45, 7) is 0. The molecule has 0 aromatic heterocycles. The maximum absolute atomic E-state index is 12.1. The van der Waals surface area contributed by atoms with E-state index >= 15 is 0 Å². The maximum atomic E-state index is 12.1. The third-order valence-corrected chi connectivity index (χ3v) is 4.72. The second kappa shape index (κ2) is 5.38. The normalized spacial score (nSPS) is 17.9. The zero-order chi connectivity index (χ0) is 13.2. The molecule has 18 heavy (non-hydrogen) atoms. The van der Waals surface area contributed by atoms with Crippen LogP contribution in [0, 0.1) is 0 Å². The van der Waals surface area contributed by atoms with Gasteiger partial charge < -0.3 is 0 Å². The third kappa shape index (κ3) is 3.31. The predicted molar refractivity (Wildman–Crippen MR) is 69.0 cm³/mol. The monoisotopic (exact) mass is 287 g/mol. The van der Waals surface area contributed by atoms with Crippen LogP contribution in [0.5, 0.6) is 0 Å². The van der Waals surface area contributed by atoms with Gasteiger partial charge in [-0.05, 0) is 31.0 Å². The van der Waals surface area contributed by atoms with Crippen molar-refractivity contribution in [1.82, 2.24) is 4.72 Å². The number of sulfonamides is 1. The summed E-state index contributed by atoms with van der Waals surface area (Å²) in [4.78, 5) is 11.3. The van der Waals surface area contributed by atoms with E-state index in [-0.39, 0.29) is 16.7 Å². The van der Waals surface area contributed by atoms with Gasteiger partial charge in [-0.3, -0.25) is 4.79 Å². The molecule has 6 heteroatoms. The summed E-state index contributed by atoms with van der Waals surface area (Å²) in [6.07, 6.45) is 2.03. The molecule has 4 nitrogen and oxygen atoms in total. The molecule has 1 aromatic rings. The minimum atomic E-state index is -3.55. The van der Waals surface area contributed by atoms with Crippen molar-refractivity contribution >= 4 is 27.4 Å². The van der Waals surface area contributed by atoms with Crippen molar-refractivity contribution in [2.75, 3.05) is 0 Å². The fourth-order valence-corrected chi connectivity index (χ4v) is 3.58. The first kappa shape index (κ1) is 13.5. The van der Waals surface area contributed by atoms with Crippen molar-refractivity contribution in [2.24, 2.45) is 0 Å². The van der Waals surface area contributed by atoms with Gasteiger partial charge in [0.1, 0.15) is 5.78 Å². The van der Waals surface area contributed by atoms with Crippen molar-refractivity contribution in [3.05, 3.63) is 29.3 Å². The Hall–Kier alpha value is -0.910. The fraction of sp³-hybridized carbons (Fsp3) is 0.417. The molecule has 0 radical (unpaired) electrons. The molecule has 0 atom stereocenters. The van der Waals surface area contributed by atoms with Crippen LogP contribution in [-0.4, -0.2) is 20.2 Å². The van der Waals surface area contributed by atoms with Crippen molar-refractivity contribution < 1.29 is 13.2 Å². The van der Waals surface area contributed by atoms with E-state index in [0.29, 0.717) is 30.7 Å². The highest BCUT2D eigenvalue weighted by molar-refractivity contribution is 7.89. The van der Waals surface area contributed by atoms with Crippen LogP contribution >= 0.6 is 11.6 Å². The Kier molecular flexibility index (Phi) is 4.04. The van der Waals surface area contributed by atoms with E-state index in [1.165, 1.54) is 12.1 Å². The Morgan fingerprint density at radius 3 is 2.50 bits per heavy atom. The first-order valence-electron chi connectivity index (χ1n) is 5.77. The minimum Gasteiger partial charge on any atom is -0.300 e. The number of hydrogen-bond donors (Lipinski definition) is 1. The molecule has 0 spiro atoms. The highest BCUT2D eigenvalue weighted by atomic mass is 35.5. The van der Waals surface area contributed by atoms with E-state index in [0.717, 1.165) is 0 Å². The van der Waals surface area contributed by atoms with E-state index in [9.17, 15) is 13.2 Å². The Balaban J connectivity index is 2.10. The number of ketones is 1. The van der Waals surface area contributed by atoms with Crippen LogP contribution in [0.4, 0.5) is 0 Å². The molecule has 1 aliphatic rings. The highest BCUT2D eigenvalue weighted by Gasteiger charge is 2.24. The summed E-state index contributed by atoms with van der Waals surface area (Å²) in [7, 11) is -3.55. The van der Waals surface area contributed by atoms with Crippen LogP contribution in [0.2, 0.25) is 5.02 Å². The Morgan fingerprint density at radius 1 is 1.22 bits per heavy atom. The minimum absolute atomic E-state index is 0.159. The van der Waals surface area contributed by atoms with Crippen molar-refractivity contribution in [3.63, 3.8) is 0 Å². The molecule has 1 aliphatic carbocycles. The lowest BCUT2D eigenvalue weighted by atomic mass is 9.95. The van der Waals surface area contributed by atoms with E-state index < -0.39 is 10.0 Å². The molecule has 0 aliphatic heterocycles. The first-order valence-corrected chi connectivity index (χ1v) is 7.63. The maximum Gasteiger partial charge on any atom is 0.240 e. The SMILES string of the molecule is O=C1CCC(NS(=O)(=O)c2cccc(Cl)c2)CC1. The zero-order valence-electron chi connectivity index (χ0n) is 9.73. The van der Waals surface area contributed by atoms with Gasteiger partial charge in [-0.25, -0.2) is 13.1 Å². The zero-order valence-corrected chi connectivity index (χ0v) is 11.3. The van der Waals surface area contributed by atoms with Crippen molar-refractivity contribution in [3.8, 4) is 0 Å². The fourth-order valence-electron chi connectivity index (χ4n) is 1.98. The molecule has 98 valence electrons. The van der Waals surface area contributed by atoms with Gasteiger partial charge in [0.2, 0.25) is 10.0 Å². The summed E-state index contributed by atoms with van der Waals surface area (Å²) in [5, 5.41) is 0.386. The summed E-state index contributed by atoms with van der Waals surface area (Å²) in [6, 6.07) is 5.98. The van der Waals surface area contributed by atoms with Crippen LogP contribution in [0.15, 0.2) is 29.2 Å². The molecule has 1 aromatic carbocycles. The van der Waals surface area contributed by atoms with Gasteiger partial charge in [-0.15, -0.1) is 0 Å². The molecule has 0 saturated heterocycles. The van der Waals surface area contributed by atoms with Crippen LogP contribution in [0.3, 0.4) is 0 Å². The molecule has 2 rings (SSSR count). The van der Waals surface area contributed by atoms with E-state index in [2.05, 4.69) is 4.72 Å². The Labute approximate surface area is 111 Å². The van der Waals surface area contributed by atoms with Gasteiger partial charge >= 0.3 is 0 Å². The molecular weight excluding hydrogens is 274 g/mol. The molecule has 0 heterocycles. The molecule has 0 unspecified atom stereocenters. The molecule has 0 amide bonds. The average molecular weight is 288 g/mol. The van der Waals surface area contributed by atoms with Gasteiger partial charge in [0.25, 0.3) is 0 Å². The number of rotatable bonds is 3. The lowest BCUT2D eigenvalue weighted by Gasteiger charge is -2.22. The summed E-state index contributed by atoms with van der Waals surface area (Å²) >= 11 is 5.78. The quantitative estimate of drug-likeness (QED) is 0.926. The summed E-state index contributed by atoms with van der Waals surface area (Å²) < 4.78 is 26.8. The number of halogens is 1.